The predicted molar refractivity (Wildman–Crippen MR) is 87.1 cm³/mol. The van der Waals surface area contributed by atoms with Crippen molar-refractivity contribution in [3.8, 4) is 0 Å². The largest absolute Gasteiger partial charge is 0.447 e. The minimum absolute atomic E-state index is 0.254. The third kappa shape index (κ3) is 4.27. The summed E-state index contributed by atoms with van der Waals surface area (Å²) in [5.41, 5.74) is 1.14. The quantitative estimate of drug-likeness (QED) is 0.579. The maximum Gasteiger partial charge on any atom is 0.336 e. The van der Waals surface area contributed by atoms with Gasteiger partial charge in [0.25, 0.3) is 0 Å². The van der Waals surface area contributed by atoms with Gasteiger partial charge in [-0.25, -0.2) is 4.79 Å². The third-order valence-electron chi connectivity index (χ3n) is 3.55. The van der Waals surface area contributed by atoms with Crippen LogP contribution in [0.1, 0.15) is 35.4 Å². The van der Waals surface area contributed by atoms with Crippen LogP contribution < -0.4 is 0 Å². The van der Waals surface area contributed by atoms with Gasteiger partial charge in [-0.15, -0.1) is 0 Å². The van der Waals surface area contributed by atoms with Gasteiger partial charge in [0.1, 0.15) is 0 Å². The number of benzene rings is 2. The molecule has 4 heteroatoms. The molecule has 2 rings (SSSR count). The predicted octanol–water partition coefficient (Wildman–Crippen LogP) is 3.58. The molecule has 0 bridgehead atoms. The zero-order valence-corrected chi connectivity index (χ0v) is 13.3. The first-order valence-electron chi connectivity index (χ1n) is 7.54. The van der Waals surface area contributed by atoms with E-state index in [1.165, 1.54) is 7.11 Å². The zero-order valence-electron chi connectivity index (χ0n) is 13.3. The van der Waals surface area contributed by atoms with Crippen molar-refractivity contribution in [3.05, 3.63) is 71.8 Å². The van der Waals surface area contributed by atoms with Crippen molar-refractivity contribution in [2.75, 3.05) is 7.11 Å². The smallest absolute Gasteiger partial charge is 0.336 e. The van der Waals surface area contributed by atoms with Crippen molar-refractivity contribution in [2.24, 2.45) is 0 Å². The van der Waals surface area contributed by atoms with E-state index in [0.717, 1.165) is 0 Å². The summed E-state index contributed by atoms with van der Waals surface area (Å²) in [5, 5.41) is 0. The van der Waals surface area contributed by atoms with Gasteiger partial charge in [-0.2, -0.15) is 0 Å². The van der Waals surface area contributed by atoms with E-state index >= 15 is 0 Å². The van der Waals surface area contributed by atoms with Crippen LogP contribution in [-0.2, 0) is 14.3 Å². The Morgan fingerprint density at radius 1 is 0.957 bits per heavy atom. The van der Waals surface area contributed by atoms with Gasteiger partial charge in [-0.3, -0.25) is 4.79 Å². The normalized spacial score (nSPS) is 13.1. The Hall–Kier alpha value is -2.46. The summed E-state index contributed by atoms with van der Waals surface area (Å²) >= 11 is 0. The molecule has 2 atom stereocenters. The van der Waals surface area contributed by atoms with Gasteiger partial charge in [0.15, 0.2) is 12.2 Å². The summed E-state index contributed by atoms with van der Waals surface area (Å²) in [7, 11) is 1.45. The Balaban J connectivity index is 2.30. The molecule has 120 valence electrons. The molecule has 2 aromatic carbocycles. The highest BCUT2D eigenvalue weighted by Gasteiger charge is 2.29. The topological polar surface area (TPSA) is 52.6 Å². The first-order valence-corrected chi connectivity index (χ1v) is 7.54. The van der Waals surface area contributed by atoms with E-state index in [-0.39, 0.29) is 5.78 Å². The minimum atomic E-state index is -0.977. The lowest BCUT2D eigenvalue weighted by Gasteiger charge is -2.20. The van der Waals surface area contributed by atoms with E-state index in [4.69, 9.17) is 9.47 Å². The second-order valence-corrected chi connectivity index (χ2v) is 5.09. The van der Waals surface area contributed by atoms with Gasteiger partial charge in [0.05, 0.1) is 0 Å². The van der Waals surface area contributed by atoms with Gasteiger partial charge in [-0.1, -0.05) is 67.6 Å². The van der Waals surface area contributed by atoms with Crippen LogP contribution >= 0.6 is 0 Å². The molecule has 0 saturated carbocycles. The molecular weight excluding hydrogens is 292 g/mol. The van der Waals surface area contributed by atoms with Crippen LogP contribution in [0.2, 0.25) is 0 Å². The van der Waals surface area contributed by atoms with Crippen molar-refractivity contribution in [1.82, 2.24) is 0 Å². The van der Waals surface area contributed by atoms with E-state index < -0.39 is 18.2 Å². The Morgan fingerprint density at radius 3 is 2.04 bits per heavy atom. The summed E-state index contributed by atoms with van der Waals surface area (Å²) in [6.45, 7) is 1.83. The molecule has 2 unspecified atom stereocenters. The molecule has 0 heterocycles. The maximum atomic E-state index is 12.8. The standard InChI is InChI=1S/C19H20O4/c1-3-16(22-2)19(21)23-18(15-12-8-5-9-13-15)17(20)14-10-6-4-7-11-14/h4-13,16,18H,3H2,1-2H3. The summed E-state index contributed by atoms with van der Waals surface area (Å²) < 4.78 is 10.6. The van der Waals surface area contributed by atoms with Crippen molar-refractivity contribution >= 4 is 11.8 Å². The Kier molecular flexibility index (Phi) is 6.06. The Morgan fingerprint density at radius 2 is 1.52 bits per heavy atom. The van der Waals surface area contributed by atoms with Gasteiger partial charge < -0.3 is 9.47 Å². The number of carbonyl (C=O) groups excluding carboxylic acids is 2. The highest BCUT2D eigenvalue weighted by molar-refractivity contribution is 6.01. The fourth-order valence-electron chi connectivity index (χ4n) is 2.28. The lowest BCUT2D eigenvalue weighted by molar-refractivity contribution is -0.159. The zero-order chi connectivity index (χ0) is 16.7. The second-order valence-electron chi connectivity index (χ2n) is 5.09. The van der Waals surface area contributed by atoms with Crippen LogP contribution in [0.5, 0.6) is 0 Å². The molecule has 0 spiro atoms. The number of methoxy groups -OCH3 is 1. The molecule has 0 aliphatic rings. The summed E-state index contributed by atoms with van der Waals surface area (Å²) in [5.74, 6) is -0.788. The lowest BCUT2D eigenvalue weighted by Crippen LogP contribution is -2.29. The van der Waals surface area contributed by atoms with Crippen LogP contribution in [0.3, 0.4) is 0 Å². The molecule has 0 fully saturated rings. The Labute approximate surface area is 136 Å². The number of esters is 1. The van der Waals surface area contributed by atoms with E-state index in [9.17, 15) is 9.59 Å². The van der Waals surface area contributed by atoms with Gasteiger partial charge in [0, 0.05) is 18.2 Å². The summed E-state index contributed by atoms with van der Waals surface area (Å²) in [4.78, 5) is 25.0. The van der Waals surface area contributed by atoms with Crippen LogP contribution in [0.15, 0.2) is 60.7 Å². The summed E-state index contributed by atoms with van der Waals surface area (Å²) in [6, 6.07) is 17.8. The minimum Gasteiger partial charge on any atom is -0.447 e. The van der Waals surface area contributed by atoms with Crippen molar-refractivity contribution in [2.45, 2.75) is 25.6 Å². The van der Waals surface area contributed by atoms with Gasteiger partial charge in [0.2, 0.25) is 5.78 Å². The molecule has 0 aliphatic heterocycles. The van der Waals surface area contributed by atoms with E-state index in [1.54, 1.807) is 36.4 Å². The van der Waals surface area contributed by atoms with Crippen LogP contribution in [0.25, 0.3) is 0 Å². The molecule has 2 aromatic rings. The van der Waals surface area contributed by atoms with Gasteiger partial charge >= 0.3 is 5.97 Å². The molecule has 0 aromatic heterocycles. The van der Waals surface area contributed by atoms with Crippen LogP contribution in [0, 0.1) is 0 Å². The SMILES string of the molecule is CCC(OC)C(=O)OC(C(=O)c1ccccc1)c1ccccc1. The first-order chi connectivity index (χ1) is 11.2. The average molecular weight is 312 g/mol. The molecule has 0 N–H and O–H groups in total. The fourth-order valence-corrected chi connectivity index (χ4v) is 2.28. The Bertz CT molecular complexity index is 633. The number of hydrogen-bond donors (Lipinski definition) is 0. The second kappa shape index (κ2) is 8.25. The first kappa shape index (κ1) is 16.9. The maximum absolute atomic E-state index is 12.8. The molecule has 0 radical (unpaired) electrons. The van der Waals surface area contributed by atoms with Crippen molar-refractivity contribution in [1.29, 1.82) is 0 Å². The fraction of sp³-hybridized carbons (Fsp3) is 0.263. The number of carbonyl (C=O) groups is 2. The van der Waals surface area contributed by atoms with Crippen LogP contribution in [0.4, 0.5) is 0 Å². The molecule has 0 saturated heterocycles. The molecule has 4 nitrogen and oxygen atoms in total. The molecule has 23 heavy (non-hydrogen) atoms. The van der Waals surface area contributed by atoms with Crippen LogP contribution in [-0.4, -0.2) is 25.0 Å². The lowest BCUT2D eigenvalue weighted by atomic mass is 10.00. The van der Waals surface area contributed by atoms with E-state index in [1.807, 2.05) is 31.2 Å². The average Bonchev–Trinajstić information content (AvgIpc) is 2.61. The number of ether oxygens (including phenoxy) is 2. The van der Waals surface area contributed by atoms with Crippen molar-refractivity contribution in [3.63, 3.8) is 0 Å². The number of rotatable bonds is 7. The summed E-state index contributed by atoms with van der Waals surface area (Å²) in [6.07, 6.45) is -1.17. The van der Waals surface area contributed by atoms with E-state index in [2.05, 4.69) is 0 Å². The molecule has 0 amide bonds. The highest BCUT2D eigenvalue weighted by Crippen LogP contribution is 2.23. The van der Waals surface area contributed by atoms with E-state index in [0.29, 0.717) is 17.5 Å². The highest BCUT2D eigenvalue weighted by atomic mass is 16.6. The molecular formula is C19H20O4. The number of hydrogen-bond acceptors (Lipinski definition) is 4. The monoisotopic (exact) mass is 312 g/mol. The third-order valence-corrected chi connectivity index (χ3v) is 3.55. The van der Waals surface area contributed by atoms with Gasteiger partial charge in [-0.05, 0) is 6.42 Å². The number of Topliss-reactive ketones (excluding diaryl/α,β-unsaturated/α-hetero) is 1. The van der Waals surface area contributed by atoms with Crippen molar-refractivity contribution < 1.29 is 19.1 Å². The molecule has 0 aliphatic carbocycles. The number of ketones is 1.